The molecule has 0 bridgehead atoms. The van der Waals surface area contributed by atoms with Crippen molar-refractivity contribution in [3.8, 4) is 22.9 Å². The summed E-state index contributed by atoms with van der Waals surface area (Å²) in [5.74, 6) is 1.89. The predicted octanol–water partition coefficient (Wildman–Crippen LogP) is 3.48. The number of aryl methyl sites for hydroxylation is 1. The molecule has 28 heavy (non-hydrogen) atoms. The van der Waals surface area contributed by atoms with E-state index in [2.05, 4.69) is 10.1 Å². The van der Waals surface area contributed by atoms with Crippen LogP contribution in [0.15, 0.2) is 53.1 Å². The monoisotopic (exact) mass is 381 g/mol. The lowest BCUT2D eigenvalue weighted by Crippen LogP contribution is -2.37. The van der Waals surface area contributed by atoms with E-state index in [9.17, 15) is 4.79 Å². The largest absolute Gasteiger partial charge is 0.497 e. The minimum Gasteiger partial charge on any atom is -0.497 e. The van der Waals surface area contributed by atoms with Crippen molar-refractivity contribution >= 4 is 5.91 Å². The van der Waals surface area contributed by atoms with Gasteiger partial charge in [0.1, 0.15) is 11.5 Å². The molecule has 0 fully saturated rings. The standard InChI is InChI=1S/C21H23N3O4/c1-14-8-10-16(11-9-14)20-22-19(28-23-20)13-24(3)21(25)15(2)27-18-7-5-6-17(12-18)26-4/h5-12,15H,13H2,1-4H3/t15-/m1/s1. The molecule has 0 radical (unpaired) electrons. The summed E-state index contributed by atoms with van der Waals surface area (Å²) in [5, 5.41) is 3.99. The van der Waals surface area contributed by atoms with Gasteiger partial charge in [-0.1, -0.05) is 41.1 Å². The highest BCUT2D eigenvalue weighted by atomic mass is 16.5. The number of aromatic nitrogens is 2. The zero-order valence-electron chi connectivity index (χ0n) is 16.4. The summed E-state index contributed by atoms with van der Waals surface area (Å²) in [5.41, 5.74) is 2.02. The van der Waals surface area contributed by atoms with Crippen molar-refractivity contribution < 1.29 is 18.8 Å². The summed E-state index contributed by atoms with van der Waals surface area (Å²) in [6.07, 6.45) is -0.670. The van der Waals surface area contributed by atoms with E-state index in [4.69, 9.17) is 14.0 Å². The molecule has 3 rings (SSSR count). The van der Waals surface area contributed by atoms with Crippen LogP contribution in [-0.4, -0.2) is 41.2 Å². The lowest BCUT2D eigenvalue weighted by molar-refractivity contribution is -0.137. The van der Waals surface area contributed by atoms with E-state index < -0.39 is 6.10 Å². The smallest absolute Gasteiger partial charge is 0.263 e. The van der Waals surface area contributed by atoms with Gasteiger partial charge in [0.05, 0.1) is 13.7 Å². The number of ether oxygens (including phenoxy) is 2. The van der Waals surface area contributed by atoms with Crippen molar-refractivity contribution in [2.24, 2.45) is 0 Å². The van der Waals surface area contributed by atoms with Crippen LogP contribution in [0.25, 0.3) is 11.4 Å². The van der Waals surface area contributed by atoms with E-state index in [0.717, 1.165) is 11.1 Å². The third-order valence-corrected chi connectivity index (χ3v) is 4.23. The molecular formula is C21H23N3O4. The Morgan fingerprint density at radius 1 is 1.18 bits per heavy atom. The first-order valence-corrected chi connectivity index (χ1v) is 8.91. The normalized spacial score (nSPS) is 11.7. The highest BCUT2D eigenvalue weighted by molar-refractivity contribution is 5.80. The topological polar surface area (TPSA) is 77.7 Å². The Morgan fingerprint density at radius 2 is 1.89 bits per heavy atom. The number of nitrogens with zero attached hydrogens (tertiary/aromatic N) is 3. The molecule has 0 aliphatic rings. The summed E-state index contributed by atoms with van der Waals surface area (Å²) < 4.78 is 16.2. The first kappa shape index (κ1) is 19.4. The Balaban J connectivity index is 1.61. The maximum absolute atomic E-state index is 12.6. The lowest BCUT2D eigenvalue weighted by atomic mass is 10.1. The first-order valence-electron chi connectivity index (χ1n) is 8.91. The van der Waals surface area contributed by atoms with Gasteiger partial charge in [0, 0.05) is 18.7 Å². The lowest BCUT2D eigenvalue weighted by Gasteiger charge is -2.20. The molecule has 0 unspecified atom stereocenters. The Bertz CT molecular complexity index is 937. The first-order chi connectivity index (χ1) is 13.5. The molecule has 0 N–H and O–H groups in total. The van der Waals surface area contributed by atoms with Crippen molar-refractivity contribution in [3.63, 3.8) is 0 Å². The molecule has 1 heterocycles. The van der Waals surface area contributed by atoms with Crippen LogP contribution in [0.4, 0.5) is 0 Å². The molecule has 0 aliphatic carbocycles. The number of carbonyl (C=O) groups is 1. The van der Waals surface area contributed by atoms with Crippen LogP contribution >= 0.6 is 0 Å². The third-order valence-electron chi connectivity index (χ3n) is 4.23. The summed E-state index contributed by atoms with van der Waals surface area (Å²) in [6.45, 7) is 3.91. The molecule has 0 spiro atoms. The van der Waals surface area contributed by atoms with Gasteiger partial charge in [-0.25, -0.2) is 0 Å². The number of benzene rings is 2. The van der Waals surface area contributed by atoms with E-state index in [1.165, 1.54) is 4.90 Å². The van der Waals surface area contributed by atoms with Gasteiger partial charge in [0.15, 0.2) is 6.10 Å². The van der Waals surface area contributed by atoms with Gasteiger partial charge in [-0.3, -0.25) is 4.79 Å². The molecule has 7 nitrogen and oxygen atoms in total. The van der Waals surface area contributed by atoms with E-state index >= 15 is 0 Å². The quantitative estimate of drug-likeness (QED) is 0.624. The number of likely N-dealkylation sites (N-methyl/N-ethyl adjacent to an activating group) is 1. The average molecular weight is 381 g/mol. The molecule has 0 saturated carbocycles. The van der Waals surface area contributed by atoms with Crippen LogP contribution in [-0.2, 0) is 11.3 Å². The van der Waals surface area contributed by atoms with Gasteiger partial charge in [-0.05, 0) is 26.0 Å². The van der Waals surface area contributed by atoms with Crippen LogP contribution in [0.5, 0.6) is 11.5 Å². The highest BCUT2D eigenvalue weighted by Crippen LogP contribution is 2.21. The maximum Gasteiger partial charge on any atom is 0.263 e. The van der Waals surface area contributed by atoms with Crippen LogP contribution in [0.3, 0.4) is 0 Å². The fourth-order valence-electron chi connectivity index (χ4n) is 2.66. The number of hydrogen-bond donors (Lipinski definition) is 0. The Labute approximate surface area is 163 Å². The molecule has 1 atom stereocenters. The van der Waals surface area contributed by atoms with Crippen molar-refractivity contribution in [2.45, 2.75) is 26.5 Å². The molecule has 1 aromatic heterocycles. The van der Waals surface area contributed by atoms with Crippen molar-refractivity contribution in [1.82, 2.24) is 15.0 Å². The fraction of sp³-hybridized carbons (Fsp3) is 0.286. The average Bonchev–Trinajstić information content (AvgIpc) is 3.16. The fourth-order valence-corrected chi connectivity index (χ4v) is 2.66. The Hall–Kier alpha value is -3.35. The van der Waals surface area contributed by atoms with Gasteiger partial charge in [0.25, 0.3) is 5.91 Å². The van der Waals surface area contributed by atoms with E-state index in [-0.39, 0.29) is 12.5 Å². The van der Waals surface area contributed by atoms with Gasteiger partial charge in [-0.2, -0.15) is 4.98 Å². The van der Waals surface area contributed by atoms with E-state index in [1.54, 1.807) is 39.3 Å². The molecular weight excluding hydrogens is 358 g/mol. The van der Waals surface area contributed by atoms with Crippen LogP contribution in [0, 0.1) is 6.92 Å². The van der Waals surface area contributed by atoms with Gasteiger partial charge < -0.3 is 18.9 Å². The number of hydrogen-bond acceptors (Lipinski definition) is 6. The number of carbonyl (C=O) groups excluding carboxylic acids is 1. The predicted molar refractivity (Wildman–Crippen MR) is 104 cm³/mol. The SMILES string of the molecule is COc1cccc(O[C@H](C)C(=O)N(C)Cc2nc(-c3ccc(C)cc3)no2)c1. The molecule has 2 aromatic carbocycles. The van der Waals surface area contributed by atoms with E-state index in [1.807, 2.05) is 37.3 Å². The number of rotatable bonds is 7. The van der Waals surface area contributed by atoms with Crippen LogP contribution in [0.1, 0.15) is 18.4 Å². The summed E-state index contributed by atoms with van der Waals surface area (Å²) >= 11 is 0. The van der Waals surface area contributed by atoms with Gasteiger partial charge in [0.2, 0.25) is 11.7 Å². The Kier molecular flexibility index (Phi) is 5.93. The van der Waals surface area contributed by atoms with Crippen LogP contribution < -0.4 is 9.47 Å². The zero-order valence-corrected chi connectivity index (χ0v) is 16.4. The molecule has 0 saturated heterocycles. The van der Waals surface area contributed by atoms with Crippen molar-refractivity contribution in [1.29, 1.82) is 0 Å². The van der Waals surface area contributed by atoms with Crippen molar-refractivity contribution in [3.05, 3.63) is 60.0 Å². The molecule has 7 heteroatoms. The van der Waals surface area contributed by atoms with Crippen molar-refractivity contribution in [2.75, 3.05) is 14.2 Å². The Morgan fingerprint density at radius 3 is 2.61 bits per heavy atom. The maximum atomic E-state index is 12.6. The summed E-state index contributed by atoms with van der Waals surface area (Å²) in [7, 11) is 3.25. The second-order valence-corrected chi connectivity index (χ2v) is 6.51. The van der Waals surface area contributed by atoms with Gasteiger partial charge in [-0.15, -0.1) is 0 Å². The number of methoxy groups -OCH3 is 1. The molecule has 1 amide bonds. The second-order valence-electron chi connectivity index (χ2n) is 6.51. The third kappa shape index (κ3) is 4.68. The van der Waals surface area contributed by atoms with E-state index in [0.29, 0.717) is 23.2 Å². The van der Waals surface area contributed by atoms with Crippen LogP contribution in [0.2, 0.25) is 0 Å². The zero-order chi connectivity index (χ0) is 20.1. The van der Waals surface area contributed by atoms with Gasteiger partial charge >= 0.3 is 0 Å². The minimum absolute atomic E-state index is 0.196. The highest BCUT2D eigenvalue weighted by Gasteiger charge is 2.21. The molecule has 0 aliphatic heterocycles. The minimum atomic E-state index is -0.670. The number of amides is 1. The molecule has 3 aromatic rings. The molecule has 146 valence electrons. The summed E-state index contributed by atoms with van der Waals surface area (Å²) in [6, 6.07) is 15.0. The second kappa shape index (κ2) is 8.56. The summed E-state index contributed by atoms with van der Waals surface area (Å²) in [4.78, 5) is 18.5.